The van der Waals surface area contributed by atoms with Crippen molar-refractivity contribution in [3.05, 3.63) is 59.3 Å². The van der Waals surface area contributed by atoms with Crippen LogP contribution >= 0.6 is 0 Å². The van der Waals surface area contributed by atoms with E-state index >= 15 is 0 Å². The average Bonchev–Trinajstić information content (AvgIpc) is 3.48. The predicted molar refractivity (Wildman–Crippen MR) is 145 cm³/mol. The number of benzene rings is 2. The summed E-state index contributed by atoms with van der Waals surface area (Å²) in [4.78, 5) is 29.3. The van der Waals surface area contributed by atoms with Crippen molar-refractivity contribution in [2.75, 3.05) is 11.9 Å². The second kappa shape index (κ2) is 11.7. The van der Waals surface area contributed by atoms with Gasteiger partial charge in [-0.3, -0.25) is 14.5 Å². The van der Waals surface area contributed by atoms with Gasteiger partial charge in [0.15, 0.2) is 0 Å². The van der Waals surface area contributed by atoms with E-state index in [-0.39, 0.29) is 30.7 Å². The van der Waals surface area contributed by atoms with Gasteiger partial charge >= 0.3 is 0 Å². The van der Waals surface area contributed by atoms with E-state index in [1.807, 2.05) is 23.7 Å². The Kier molecular flexibility index (Phi) is 7.93. The third-order valence-electron chi connectivity index (χ3n) is 7.39. The Morgan fingerprint density at radius 3 is 2.74 bits per heavy atom. The molecule has 2 heterocycles. The zero-order valence-corrected chi connectivity index (χ0v) is 21.8. The zero-order chi connectivity index (χ0) is 26.5. The Hall–Kier alpha value is -3.85. The molecule has 5 rings (SSSR count). The van der Waals surface area contributed by atoms with E-state index in [2.05, 4.69) is 38.7 Å². The maximum absolute atomic E-state index is 12.1. The molecule has 3 N–H and O–H groups in total. The Morgan fingerprint density at radius 2 is 1.95 bits per heavy atom. The quantitative estimate of drug-likeness (QED) is 0.276. The van der Waals surface area contributed by atoms with Gasteiger partial charge in [0.1, 0.15) is 23.1 Å². The molecular weight excluding hydrogens is 482 g/mol. The molecule has 9 heteroatoms. The molecule has 38 heavy (non-hydrogen) atoms. The molecule has 1 aliphatic heterocycles. The molecule has 1 aliphatic carbocycles. The molecule has 9 nitrogen and oxygen atoms in total. The van der Waals surface area contributed by atoms with Gasteiger partial charge in [-0.1, -0.05) is 24.6 Å². The number of fused-ring (bicyclic) bond motifs is 1. The van der Waals surface area contributed by atoms with E-state index in [4.69, 9.17) is 4.74 Å². The van der Waals surface area contributed by atoms with Gasteiger partial charge in [0.25, 0.3) is 0 Å². The molecule has 200 valence electrons. The van der Waals surface area contributed by atoms with Gasteiger partial charge in [-0.15, -0.1) is 0 Å². The first-order valence-electron chi connectivity index (χ1n) is 13.3. The molecule has 0 unspecified atom stereocenters. The van der Waals surface area contributed by atoms with Crippen molar-refractivity contribution in [2.45, 2.75) is 64.3 Å². The summed E-state index contributed by atoms with van der Waals surface area (Å²) in [5, 5.41) is 16.0. The van der Waals surface area contributed by atoms with Gasteiger partial charge in [0, 0.05) is 56.8 Å². The lowest BCUT2D eigenvalue weighted by Crippen LogP contribution is -2.21. The number of anilines is 1. The van der Waals surface area contributed by atoms with Crippen molar-refractivity contribution >= 4 is 18.1 Å². The van der Waals surface area contributed by atoms with E-state index in [0.29, 0.717) is 18.8 Å². The maximum Gasteiger partial charge on any atom is 0.227 e. The summed E-state index contributed by atoms with van der Waals surface area (Å²) in [5.41, 5.74) is 4.36. The van der Waals surface area contributed by atoms with E-state index in [1.165, 1.54) is 30.4 Å². The van der Waals surface area contributed by atoms with Crippen molar-refractivity contribution in [1.82, 2.24) is 19.8 Å². The Labute approximate surface area is 222 Å². The average molecular weight is 518 g/mol. The normalized spacial score (nSPS) is 15.7. The molecule has 1 saturated carbocycles. The van der Waals surface area contributed by atoms with Crippen LogP contribution < -0.4 is 15.4 Å². The van der Waals surface area contributed by atoms with Crippen LogP contribution in [0.4, 0.5) is 5.82 Å². The Bertz CT molecular complexity index is 1300. The van der Waals surface area contributed by atoms with Gasteiger partial charge in [-0.2, -0.15) is 0 Å². The van der Waals surface area contributed by atoms with Crippen molar-refractivity contribution in [2.24, 2.45) is 7.05 Å². The van der Waals surface area contributed by atoms with Gasteiger partial charge in [-0.05, 0) is 48.9 Å². The molecule has 0 atom stereocenters. The number of imidazole rings is 1. The SMILES string of the molecule is Cn1c(NC(=O)CCNC=O)cnc1-c1ccc2c(c1)CN(Cc1ccc(OC3CCCCC3)cc1O)C2. The lowest BCUT2D eigenvalue weighted by molar-refractivity contribution is -0.116. The highest BCUT2D eigenvalue weighted by Crippen LogP contribution is 2.33. The van der Waals surface area contributed by atoms with Crippen LogP contribution in [0, 0.1) is 0 Å². The summed E-state index contributed by atoms with van der Waals surface area (Å²) in [6.07, 6.45) is 8.56. The molecule has 0 radical (unpaired) electrons. The van der Waals surface area contributed by atoms with Crippen LogP contribution in [0.5, 0.6) is 11.5 Å². The van der Waals surface area contributed by atoms with Crippen molar-refractivity contribution in [3.63, 3.8) is 0 Å². The van der Waals surface area contributed by atoms with Gasteiger partial charge in [0.2, 0.25) is 12.3 Å². The summed E-state index contributed by atoms with van der Waals surface area (Å²) >= 11 is 0. The number of aromatic hydroxyl groups is 1. The standard InChI is InChI=1S/C29H35N5O4/c1-33-27(32-28(37)11-12-30-19-35)15-31-29(33)20-7-8-21-16-34(18-23(21)13-20)17-22-9-10-25(14-26(22)36)38-24-5-3-2-4-6-24/h7-10,13-15,19,24,36H,2-6,11-12,16-18H2,1H3,(H,30,35)(H,32,37). The molecule has 2 aliphatic rings. The first-order valence-corrected chi connectivity index (χ1v) is 13.3. The summed E-state index contributed by atoms with van der Waals surface area (Å²) in [5.74, 6) is 2.20. The molecule has 0 spiro atoms. The number of carbonyl (C=O) groups is 2. The Morgan fingerprint density at radius 1 is 1.13 bits per heavy atom. The van der Waals surface area contributed by atoms with E-state index < -0.39 is 0 Å². The molecule has 3 aromatic rings. The molecule has 1 fully saturated rings. The minimum Gasteiger partial charge on any atom is -0.507 e. The smallest absolute Gasteiger partial charge is 0.227 e. The molecule has 2 amide bonds. The van der Waals surface area contributed by atoms with Gasteiger partial charge < -0.3 is 25.0 Å². The topological polar surface area (TPSA) is 109 Å². The number of phenols is 1. The fraction of sp³-hybridized carbons (Fsp3) is 0.414. The van der Waals surface area contributed by atoms with E-state index in [0.717, 1.165) is 48.6 Å². The molecule has 0 bridgehead atoms. The number of hydrogen-bond donors (Lipinski definition) is 3. The molecule has 0 saturated heterocycles. The molecule has 1 aromatic heterocycles. The van der Waals surface area contributed by atoms with Crippen molar-refractivity contribution in [3.8, 4) is 22.9 Å². The maximum atomic E-state index is 12.1. The number of nitrogens with one attached hydrogen (secondary N) is 2. The van der Waals surface area contributed by atoms with Crippen LogP contribution in [0.15, 0.2) is 42.6 Å². The second-order valence-electron chi connectivity index (χ2n) is 10.2. The van der Waals surface area contributed by atoms with Crippen LogP contribution in [0.3, 0.4) is 0 Å². The third kappa shape index (κ3) is 5.99. The van der Waals surface area contributed by atoms with E-state index in [1.54, 1.807) is 12.3 Å². The molecule has 2 aromatic carbocycles. The number of phenolic OH excluding ortho intramolecular Hbond substituents is 1. The van der Waals surface area contributed by atoms with Crippen LogP contribution in [0.25, 0.3) is 11.4 Å². The number of rotatable bonds is 10. The van der Waals surface area contributed by atoms with Crippen LogP contribution in [-0.4, -0.2) is 44.5 Å². The largest absolute Gasteiger partial charge is 0.507 e. The lowest BCUT2D eigenvalue weighted by Gasteiger charge is -2.23. The van der Waals surface area contributed by atoms with Gasteiger partial charge in [0.05, 0.1) is 12.3 Å². The number of aromatic nitrogens is 2. The van der Waals surface area contributed by atoms with Gasteiger partial charge in [-0.25, -0.2) is 4.98 Å². The first kappa shape index (κ1) is 25.8. The summed E-state index contributed by atoms with van der Waals surface area (Å²) in [6.45, 7) is 2.53. The van der Waals surface area contributed by atoms with Crippen molar-refractivity contribution in [1.29, 1.82) is 0 Å². The minimum absolute atomic E-state index is 0.185. The highest BCUT2D eigenvalue weighted by Gasteiger charge is 2.22. The third-order valence-corrected chi connectivity index (χ3v) is 7.39. The summed E-state index contributed by atoms with van der Waals surface area (Å²) in [7, 11) is 1.87. The number of amides is 2. The molecular formula is C29H35N5O4. The Balaban J connectivity index is 1.21. The predicted octanol–water partition coefficient (Wildman–Crippen LogP) is 4.09. The fourth-order valence-electron chi connectivity index (χ4n) is 5.33. The zero-order valence-electron chi connectivity index (χ0n) is 21.8. The highest BCUT2D eigenvalue weighted by atomic mass is 16.5. The summed E-state index contributed by atoms with van der Waals surface area (Å²) in [6, 6.07) is 12.0. The lowest BCUT2D eigenvalue weighted by atomic mass is 9.98. The highest BCUT2D eigenvalue weighted by molar-refractivity contribution is 5.90. The van der Waals surface area contributed by atoms with Crippen LogP contribution in [0.1, 0.15) is 55.2 Å². The van der Waals surface area contributed by atoms with E-state index in [9.17, 15) is 14.7 Å². The number of carbonyl (C=O) groups excluding carboxylic acids is 2. The minimum atomic E-state index is -0.185. The first-order chi connectivity index (χ1) is 18.5. The number of nitrogens with zero attached hydrogens (tertiary/aromatic N) is 3. The van der Waals surface area contributed by atoms with Crippen molar-refractivity contribution < 1.29 is 19.4 Å². The second-order valence-corrected chi connectivity index (χ2v) is 10.2. The monoisotopic (exact) mass is 517 g/mol. The van der Waals surface area contributed by atoms with Crippen LogP contribution in [-0.2, 0) is 36.3 Å². The number of hydrogen-bond acceptors (Lipinski definition) is 6. The fourth-order valence-corrected chi connectivity index (χ4v) is 5.33. The number of ether oxygens (including phenoxy) is 1. The van der Waals surface area contributed by atoms with Crippen LogP contribution in [0.2, 0.25) is 0 Å². The summed E-state index contributed by atoms with van der Waals surface area (Å²) < 4.78 is 7.96.